The maximum Gasteiger partial charge on any atom is 0.331 e. The Hall–Kier alpha value is -2.65. The van der Waals surface area contributed by atoms with Gasteiger partial charge in [-0.2, -0.15) is 5.10 Å². The fraction of sp³-hybridized carbons (Fsp3) is 0.429. The number of nitrogens with zero attached hydrogens (tertiary/aromatic N) is 3. The molecule has 2 fully saturated rings. The summed E-state index contributed by atoms with van der Waals surface area (Å²) in [4.78, 5) is 25.8. The van der Waals surface area contributed by atoms with Crippen LogP contribution in [0.2, 0.25) is 0 Å². The number of benzene rings is 1. The summed E-state index contributed by atoms with van der Waals surface area (Å²) in [5.41, 5.74) is 2.00. The van der Waals surface area contributed by atoms with Crippen LogP contribution in [0.25, 0.3) is 0 Å². The first kappa shape index (κ1) is 22.0. The average Bonchev–Trinajstić information content (AvgIpc) is 3.08. The maximum atomic E-state index is 11.8. The number of rotatable bonds is 6. The Balaban J connectivity index is 1.67. The van der Waals surface area contributed by atoms with Crippen molar-refractivity contribution in [2.45, 2.75) is 26.3 Å². The lowest BCUT2D eigenvalue weighted by Gasteiger charge is -2.30. The molecule has 160 valence electrons. The molecule has 2 aliphatic rings. The molecule has 0 aliphatic carbocycles. The monoisotopic (exact) mass is 430 g/mol. The maximum absolute atomic E-state index is 11.8. The fourth-order valence-electron chi connectivity index (χ4n) is 3.25. The molecule has 1 amide bonds. The Bertz CT molecular complexity index is 889. The largest absolute Gasteiger partial charge is 0.496 e. The zero-order chi connectivity index (χ0) is 21.5. The molecule has 1 N–H and O–H groups in total. The van der Waals surface area contributed by atoms with Gasteiger partial charge in [-0.25, -0.2) is 4.79 Å². The van der Waals surface area contributed by atoms with Crippen LogP contribution in [0.5, 0.6) is 5.75 Å². The molecule has 9 heteroatoms. The lowest BCUT2D eigenvalue weighted by molar-refractivity contribution is -0.135. The number of nitrogens with one attached hydrogen (secondary N) is 1. The average molecular weight is 431 g/mol. The SMILES string of the molecule is COC(=O)/C=C1/S/C(=N\N=Cc2ccc(OC)c(CN3CCC(C)CC3)c2)NC1=O. The Morgan fingerprint density at radius 3 is 2.80 bits per heavy atom. The number of carbonyl (C=O) groups excluding carboxylic acids is 2. The lowest BCUT2D eigenvalue weighted by Crippen LogP contribution is -2.32. The molecule has 30 heavy (non-hydrogen) atoms. The van der Waals surface area contributed by atoms with Gasteiger partial charge < -0.3 is 9.47 Å². The third-order valence-electron chi connectivity index (χ3n) is 5.03. The third kappa shape index (κ3) is 5.93. The van der Waals surface area contributed by atoms with Gasteiger partial charge in [0.15, 0.2) is 5.17 Å². The van der Waals surface area contributed by atoms with Crippen LogP contribution in [0, 0.1) is 5.92 Å². The van der Waals surface area contributed by atoms with E-state index in [1.807, 2.05) is 18.2 Å². The minimum atomic E-state index is -0.591. The van der Waals surface area contributed by atoms with Crippen molar-refractivity contribution in [3.05, 3.63) is 40.3 Å². The Morgan fingerprint density at radius 2 is 2.10 bits per heavy atom. The van der Waals surface area contributed by atoms with Crippen molar-refractivity contribution in [3.8, 4) is 5.75 Å². The van der Waals surface area contributed by atoms with Gasteiger partial charge in [-0.15, -0.1) is 5.10 Å². The summed E-state index contributed by atoms with van der Waals surface area (Å²) in [6.45, 7) is 5.32. The second kappa shape index (κ2) is 10.4. The number of thioether (sulfide) groups is 1. The summed E-state index contributed by atoms with van der Waals surface area (Å²) < 4.78 is 10.1. The van der Waals surface area contributed by atoms with E-state index in [1.165, 1.54) is 20.0 Å². The van der Waals surface area contributed by atoms with Crippen LogP contribution >= 0.6 is 11.8 Å². The van der Waals surface area contributed by atoms with Crippen LogP contribution in [-0.2, 0) is 20.9 Å². The van der Waals surface area contributed by atoms with E-state index in [2.05, 4.69) is 32.1 Å². The smallest absolute Gasteiger partial charge is 0.331 e. The van der Waals surface area contributed by atoms with Gasteiger partial charge in [0.1, 0.15) is 5.75 Å². The number of hydrogen-bond acceptors (Lipinski definition) is 8. The standard InChI is InChI=1S/C21H26N4O4S/c1-14-6-8-25(9-7-14)13-16-10-15(4-5-17(16)28-2)12-22-24-21-23-20(27)18(30-21)11-19(26)29-3/h4-5,10-12,14H,6-9,13H2,1-3H3,(H,23,24,27)/b18-11+,22-12?. The number of methoxy groups -OCH3 is 2. The molecule has 0 aromatic heterocycles. The summed E-state index contributed by atoms with van der Waals surface area (Å²) in [6, 6.07) is 5.89. The number of likely N-dealkylation sites (tertiary alicyclic amines) is 1. The summed E-state index contributed by atoms with van der Waals surface area (Å²) in [6.07, 6.45) is 5.19. The summed E-state index contributed by atoms with van der Waals surface area (Å²) in [5, 5.41) is 11.0. The van der Waals surface area contributed by atoms with Crippen molar-refractivity contribution in [1.82, 2.24) is 10.2 Å². The van der Waals surface area contributed by atoms with Crippen LogP contribution in [0.4, 0.5) is 0 Å². The molecule has 2 heterocycles. The molecule has 1 aromatic rings. The molecule has 2 saturated heterocycles. The first-order valence-corrected chi connectivity index (χ1v) is 10.6. The quantitative estimate of drug-likeness (QED) is 0.323. The van der Waals surface area contributed by atoms with Gasteiger partial charge in [0.05, 0.1) is 25.3 Å². The van der Waals surface area contributed by atoms with E-state index in [1.54, 1.807) is 13.3 Å². The van der Waals surface area contributed by atoms with Gasteiger partial charge in [-0.1, -0.05) is 6.92 Å². The molecular formula is C21H26N4O4S. The molecule has 1 aromatic carbocycles. The predicted octanol–water partition coefficient (Wildman–Crippen LogP) is 2.54. The first-order valence-electron chi connectivity index (χ1n) is 9.77. The Morgan fingerprint density at radius 1 is 1.33 bits per heavy atom. The van der Waals surface area contributed by atoms with Crippen molar-refractivity contribution in [2.24, 2.45) is 16.1 Å². The highest BCUT2D eigenvalue weighted by molar-refractivity contribution is 8.18. The number of carbonyl (C=O) groups is 2. The molecule has 0 radical (unpaired) electrons. The van der Waals surface area contributed by atoms with Gasteiger partial charge in [-0.3, -0.25) is 15.0 Å². The molecule has 8 nitrogen and oxygen atoms in total. The molecule has 2 aliphatic heterocycles. The second-order valence-corrected chi connectivity index (χ2v) is 8.30. The van der Waals surface area contributed by atoms with Crippen molar-refractivity contribution >= 4 is 35.0 Å². The molecule has 0 saturated carbocycles. The van der Waals surface area contributed by atoms with Crippen molar-refractivity contribution in [1.29, 1.82) is 0 Å². The van der Waals surface area contributed by atoms with E-state index in [9.17, 15) is 9.59 Å². The van der Waals surface area contributed by atoms with E-state index < -0.39 is 11.9 Å². The summed E-state index contributed by atoms with van der Waals surface area (Å²) in [5.74, 6) is 0.652. The third-order valence-corrected chi connectivity index (χ3v) is 5.93. The van der Waals surface area contributed by atoms with Crippen LogP contribution < -0.4 is 10.1 Å². The highest BCUT2D eigenvalue weighted by atomic mass is 32.2. The second-order valence-electron chi connectivity index (χ2n) is 7.27. The van der Waals surface area contributed by atoms with Gasteiger partial charge in [0.25, 0.3) is 5.91 Å². The highest BCUT2D eigenvalue weighted by Gasteiger charge is 2.25. The van der Waals surface area contributed by atoms with E-state index >= 15 is 0 Å². The number of amidine groups is 1. The molecule has 0 atom stereocenters. The van der Waals surface area contributed by atoms with E-state index in [4.69, 9.17) is 4.74 Å². The van der Waals surface area contributed by atoms with Crippen LogP contribution in [0.3, 0.4) is 0 Å². The number of amides is 1. The van der Waals surface area contributed by atoms with E-state index in [0.717, 1.165) is 60.3 Å². The Kier molecular flexibility index (Phi) is 7.64. The lowest BCUT2D eigenvalue weighted by atomic mass is 9.98. The zero-order valence-corrected chi connectivity index (χ0v) is 18.2. The van der Waals surface area contributed by atoms with E-state index in [-0.39, 0.29) is 4.91 Å². The number of piperidine rings is 1. The van der Waals surface area contributed by atoms with Gasteiger partial charge in [-0.05, 0) is 67.4 Å². The van der Waals surface area contributed by atoms with Gasteiger partial charge in [0, 0.05) is 18.2 Å². The number of ether oxygens (including phenoxy) is 2. The predicted molar refractivity (Wildman–Crippen MR) is 118 cm³/mol. The van der Waals surface area contributed by atoms with Crippen molar-refractivity contribution in [3.63, 3.8) is 0 Å². The zero-order valence-electron chi connectivity index (χ0n) is 17.4. The van der Waals surface area contributed by atoms with Crippen LogP contribution in [0.1, 0.15) is 30.9 Å². The molecule has 0 unspecified atom stereocenters. The van der Waals surface area contributed by atoms with Crippen molar-refractivity contribution in [2.75, 3.05) is 27.3 Å². The van der Waals surface area contributed by atoms with Gasteiger partial charge >= 0.3 is 5.97 Å². The Labute approximate surface area is 180 Å². The fourth-order valence-corrected chi connectivity index (χ4v) is 3.99. The minimum Gasteiger partial charge on any atom is -0.496 e. The summed E-state index contributed by atoms with van der Waals surface area (Å²) >= 11 is 1.04. The van der Waals surface area contributed by atoms with Crippen molar-refractivity contribution < 1.29 is 19.1 Å². The van der Waals surface area contributed by atoms with E-state index in [0.29, 0.717) is 5.17 Å². The number of hydrogen-bond donors (Lipinski definition) is 1. The molecular weight excluding hydrogens is 404 g/mol. The summed E-state index contributed by atoms with van der Waals surface area (Å²) in [7, 11) is 2.93. The minimum absolute atomic E-state index is 0.221. The number of esters is 1. The topological polar surface area (TPSA) is 92.6 Å². The van der Waals surface area contributed by atoms with Crippen LogP contribution in [0.15, 0.2) is 39.4 Å². The molecule has 0 spiro atoms. The molecule has 3 rings (SSSR count). The van der Waals surface area contributed by atoms with Crippen LogP contribution in [-0.4, -0.2) is 55.5 Å². The molecule has 0 bridgehead atoms. The van der Waals surface area contributed by atoms with Gasteiger partial charge in [0.2, 0.25) is 0 Å². The normalized spacial score (nSPS) is 20.8. The first-order chi connectivity index (χ1) is 14.5. The highest BCUT2D eigenvalue weighted by Crippen LogP contribution is 2.25.